The van der Waals surface area contributed by atoms with E-state index in [0.717, 1.165) is 37.6 Å². The summed E-state index contributed by atoms with van der Waals surface area (Å²) in [5, 5.41) is 3.46. The average Bonchev–Trinajstić information content (AvgIpc) is 3.02. The summed E-state index contributed by atoms with van der Waals surface area (Å²) >= 11 is 0. The van der Waals surface area contributed by atoms with E-state index >= 15 is 0 Å². The summed E-state index contributed by atoms with van der Waals surface area (Å²) in [5.74, 6) is 1.63. The van der Waals surface area contributed by atoms with Crippen LogP contribution in [0.3, 0.4) is 0 Å². The molecule has 0 aliphatic carbocycles. The summed E-state index contributed by atoms with van der Waals surface area (Å²) < 4.78 is 13.6. The number of nitrogens with one attached hydrogen (secondary N) is 1. The van der Waals surface area contributed by atoms with Crippen molar-refractivity contribution in [3.63, 3.8) is 0 Å². The number of aromatic nitrogens is 2. The molecule has 5 nitrogen and oxygen atoms in total. The van der Waals surface area contributed by atoms with Crippen LogP contribution in [-0.4, -0.2) is 28.8 Å². The van der Waals surface area contributed by atoms with Gasteiger partial charge in [0.15, 0.2) is 11.5 Å². The van der Waals surface area contributed by atoms with Crippen LogP contribution in [0.1, 0.15) is 32.8 Å². The van der Waals surface area contributed by atoms with Gasteiger partial charge in [-0.1, -0.05) is 6.07 Å². The molecule has 1 N–H and O–H groups in total. The zero-order valence-corrected chi connectivity index (χ0v) is 14.3. The van der Waals surface area contributed by atoms with Gasteiger partial charge in [0.1, 0.15) is 0 Å². The Balaban J connectivity index is 1.81. The van der Waals surface area contributed by atoms with Crippen LogP contribution in [0.5, 0.6) is 11.5 Å². The lowest BCUT2D eigenvalue weighted by Gasteiger charge is -2.15. The summed E-state index contributed by atoms with van der Waals surface area (Å²) in [5.41, 5.74) is 1.20. The molecule has 0 atom stereocenters. The fourth-order valence-corrected chi connectivity index (χ4v) is 2.32. The second-order valence-corrected chi connectivity index (χ2v) is 5.71. The number of hydrogen-bond donors (Lipinski definition) is 1. The molecule has 0 amide bonds. The Labute approximate surface area is 138 Å². The van der Waals surface area contributed by atoms with Crippen molar-refractivity contribution in [2.45, 2.75) is 46.4 Å². The van der Waals surface area contributed by atoms with Gasteiger partial charge >= 0.3 is 0 Å². The number of hydrogen-bond acceptors (Lipinski definition) is 4. The van der Waals surface area contributed by atoms with E-state index in [2.05, 4.69) is 27.0 Å². The van der Waals surface area contributed by atoms with Crippen molar-refractivity contribution in [3.05, 3.63) is 42.5 Å². The topological polar surface area (TPSA) is 48.3 Å². The van der Waals surface area contributed by atoms with E-state index < -0.39 is 0 Å². The van der Waals surface area contributed by atoms with Crippen LogP contribution in [-0.2, 0) is 13.1 Å². The lowest BCUT2D eigenvalue weighted by atomic mass is 10.2. The van der Waals surface area contributed by atoms with E-state index in [-0.39, 0.29) is 6.10 Å². The highest BCUT2D eigenvalue weighted by Gasteiger charge is 2.08. The van der Waals surface area contributed by atoms with Gasteiger partial charge < -0.3 is 19.4 Å². The number of benzene rings is 1. The summed E-state index contributed by atoms with van der Waals surface area (Å²) in [7, 11) is 0. The Hall–Kier alpha value is -2.01. The Morgan fingerprint density at radius 3 is 2.83 bits per heavy atom. The molecule has 1 aromatic heterocycles. The Morgan fingerprint density at radius 2 is 2.13 bits per heavy atom. The molecule has 0 saturated heterocycles. The third kappa shape index (κ3) is 5.94. The van der Waals surface area contributed by atoms with Crippen LogP contribution in [0.4, 0.5) is 0 Å². The van der Waals surface area contributed by atoms with Crippen molar-refractivity contribution in [3.8, 4) is 11.5 Å². The van der Waals surface area contributed by atoms with Gasteiger partial charge in [-0.25, -0.2) is 4.98 Å². The maximum Gasteiger partial charge on any atom is 0.161 e. The molecule has 1 aromatic carbocycles. The highest BCUT2D eigenvalue weighted by atomic mass is 16.5. The lowest BCUT2D eigenvalue weighted by molar-refractivity contribution is 0.223. The predicted octanol–water partition coefficient (Wildman–Crippen LogP) is 3.25. The molecule has 0 bridgehead atoms. The zero-order chi connectivity index (χ0) is 16.5. The molecule has 0 radical (unpaired) electrons. The first-order chi connectivity index (χ1) is 11.2. The minimum atomic E-state index is 0.140. The van der Waals surface area contributed by atoms with E-state index in [1.54, 1.807) is 0 Å². The molecule has 0 saturated carbocycles. The molecular weight excluding hydrogens is 290 g/mol. The van der Waals surface area contributed by atoms with E-state index in [1.165, 1.54) is 5.56 Å². The molecule has 0 spiro atoms. The summed E-state index contributed by atoms with van der Waals surface area (Å²) in [4.78, 5) is 4.04. The molecule has 0 fully saturated rings. The molecule has 2 aromatic rings. The third-order valence-corrected chi connectivity index (χ3v) is 3.33. The Morgan fingerprint density at radius 1 is 1.26 bits per heavy atom. The molecular formula is C18H27N3O2. The summed E-state index contributed by atoms with van der Waals surface area (Å²) in [6.07, 6.45) is 6.86. The Kier molecular flexibility index (Phi) is 6.94. The van der Waals surface area contributed by atoms with Crippen molar-refractivity contribution in [1.82, 2.24) is 14.9 Å². The van der Waals surface area contributed by atoms with Gasteiger partial charge in [-0.3, -0.25) is 0 Å². The second kappa shape index (κ2) is 9.20. The van der Waals surface area contributed by atoms with E-state index in [4.69, 9.17) is 9.47 Å². The normalized spacial score (nSPS) is 11.0. The Bertz CT molecular complexity index is 568. The van der Waals surface area contributed by atoms with E-state index in [0.29, 0.717) is 6.61 Å². The van der Waals surface area contributed by atoms with Gasteiger partial charge in [0.2, 0.25) is 0 Å². The first-order valence-electron chi connectivity index (χ1n) is 8.28. The largest absolute Gasteiger partial charge is 0.490 e. The monoisotopic (exact) mass is 317 g/mol. The van der Waals surface area contributed by atoms with Crippen LogP contribution in [0, 0.1) is 0 Å². The van der Waals surface area contributed by atoms with Crippen LogP contribution < -0.4 is 14.8 Å². The van der Waals surface area contributed by atoms with Crippen LogP contribution in [0.25, 0.3) is 0 Å². The summed E-state index contributed by atoms with van der Waals surface area (Å²) in [6, 6.07) is 6.14. The summed E-state index contributed by atoms with van der Waals surface area (Å²) in [6.45, 7) is 9.43. The van der Waals surface area contributed by atoms with Crippen LogP contribution in [0.2, 0.25) is 0 Å². The first kappa shape index (κ1) is 17.3. The highest BCUT2D eigenvalue weighted by molar-refractivity contribution is 5.43. The van der Waals surface area contributed by atoms with Crippen molar-refractivity contribution < 1.29 is 9.47 Å². The fourth-order valence-electron chi connectivity index (χ4n) is 2.32. The van der Waals surface area contributed by atoms with Crippen molar-refractivity contribution >= 4 is 0 Å². The standard InChI is InChI=1S/C18H27N3O2/c1-4-22-18-12-16(6-7-17(18)23-15(2)3)13-19-8-5-10-21-11-9-20-14-21/h6-7,9,11-12,14-15,19H,4-5,8,10,13H2,1-3H3. The number of ether oxygens (including phenoxy) is 2. The van der Waals surface area contributed by atoms with Gasteiger partial charge in [-0.2, -0.15) is 0 Å². The molecule has 0 aliphatic heterocycles. The van der Waals surface area contributed by atoms with Gasteiger partial charge in [0, 0.05) is 25.5 Å². The molecule has 5 heteroatoms. The average molecular weight is 317 g/mol. The van der Waals surface area contributed by atoms with E-state index in [9.17, 15) is 0 Å². The molecule has 2 rings (SSSR count). The second-order valence-electron chi connectivity index (χ2n) is 5.71. The molecule has 1 heterocycles. The molecule has 126 valence electrons. The van der Waals surface area contributed by atoms with Gasteiger partial charge in [0.05, 0.1) is 19.0 Å². The number of rotatable bonds is 10. The fraction of sp³-hybridized carbons (Fsp3) is 0.500. The molecule has 0 unspecified atom stereocenters. The maximum atomic E-state index is 5.78. The van der Waals surface area contributed by atoms with E-state index in [1.807, 2.05) is 45.6 Å². The first-order valence-corrected chi connectivity index (χ1v) is 8.28. The zero-order valence-electron chi connectivity index (χ0n) is 14.3. The minimum Gasteiger partial charge on any atom is -0.490 e. The third-order valence-electron chi connectivity index (χ3n) is 3.33. The van der Waals surface area contributed by atoms with Gasteiger partial charge in [-0.15, -0.1) is 0 Å². The lowest BCUT2D eigenvalue weighted by Crippen LogP contribution is -2.16. The number of nitrogens with zero attached hydrogens (tertiary/aromatic N) is 2. The number of aryl methyl sites for hydroxylation is 1. The van der Waals surface area contributed by atoms with Crippen molar-refractivity contribution in [2.24, 2.45) is 0 Å². The maximum absolute atomic E-state index is 5.78. The quantitative estimate of drug-likeness (QED) is 0.683. The van der Waals surface area contributed by atoms with Crippen LogP contribution in [0.15, 0.2) is 36.9 Å². The SMILES string of the molecule is CCOc1cc(CNCCCn2ccnc2)ccc1OC(C)C. The van der Waals surface area contributed by atoms with Crippen LogP contribution >= 0.6 is 0 Å². The van der Waals surface area contributed by atoms with Crippen molar-refractivity contribution in [1.29, 1.82) is 0 Å². The highest BCUT2D eigenvalue weighted by Crippen LogP contribution is 2.29. The predicted molar refractivity (Wildman–Crippen MR) is 91.9 cm³/mol. The molecule has 0 aliphatic rings. The molecule has 23 heavy (non-hydrogen) atoms. The number of imidazole rings is 1. The van der Waals surface area contributed by atoms with Gasteiger partial charge in [-0.05, 0) is 51.4 Å². The smallest absolute Gasteiger partial charge is 0.161 e. The van der Waals surface area contributed by atoms with Gasteiger partial charge in [0.25, 0.3) is 0 Å². The van der Waals surface area contributed by atoms with Crippen molar-refractivity contribution in [2.75, 3.05) is 13.2 Å². The minimum absolute atomic E-state index is 0.140.